The third-order valence-electron chi connectivity index (χ3n) is 4.46. The van der Waals surface area contributed by atoms with Crippen LogP contribution < -0.4 is 10.6 Å². The summed E-state index contributed by atoms with van der Waals surface area (Å²) in [6.07, 6.45) is 11.5. The van der Waals surface area contributed by atoms with Gasteiger partial charge in [0, 0.05) is 26.6 Å². The van der Waals surface area contributed by atoms with Crippen molar-refractivity contribution in [2.45, 2.75) is 64.7 Å². The predicted molar refractivity (Wildman–Crippen MR) is 108 cm³/mol. The molecule has 1 aliphatic carbocycles. The van der Waals surface area contributed by atoms with Crippen LogP contribution in [-0.2, 0) is 6.42 Å². The van der Waals surface area contributed by atoms with E-state index in [0.717, 1.165) is 37.8 Å². The molecule has 1 aromatic heterocycles. The smallest absolute Gasteiger partial charge is 0.226 e. The average molecular weight is 449 g/mol. The van der Waals surface area contributed by atoms with Crippen LogP contribution in [0, 0.1) is 12.8 Å². The summed E-state index contributed by atoms with van der Waals surface area (Å²) in [7, 11) is 1.82. The Bertz CT molecular complexity index is 471. The summed E-state index contributed by atoms with van der Waals surface area (Å²) in [6.45, 7) is 3.69. The summed E-state index contributed by atoms with van der Waals surface area (Å²) in [5.74, 6) is 3.25. The van der Waals surface area contributed by atoms with Gasteiger partial charge in [0.05, 0.1) is 0 Å². The molecule has 1 heterocycles. The summed E-state index contributed by atoms with van der Waals surface area (Å²) in [4.78, 5) is 8.47. The first kappa shape index (κ1) is 21.2. The molecule has 1 aliphatic rings. The van der Waals surface area contributed by atoms with Gasteiger partial charge >= 0.3 is 0 Å². The summed E-state index contributed by atoms with van der Waals surface area (Å²) in [5, 5.41) is 10.5. The van der Waals surface area contributed by atoms with E-state index in [1.165, 1.54) is 44.9 Å². The fraction of sp³-hybridized carbons (Fsp3) is 0.824. The van der Waals surface area contributed by atoms with Crippen LogP contribution in [0.5, 0.6) is 0 Å². The van der Waals surface area contributed by atoms with Crippen molar-refractivity contribution in [3.63, 3.8) is 0 Å². The Morgan fingerprint density at radius 1 is 1.17 bits per heavy atom. The number of aromatic nitrogens is 2. The lowest BCUT2D eigenvalue weighted by Gasteiger charge is -2.21. The predicted octanol–water partition coefficient (Wildman–Crippen LogP) is 3.45. The van der Waals surface area contributed by atoms with E-state index in [0.29, 0.717) is 11.7 Å². The number of guanidine groups is 1. The van der Waals surface area contributed by atoms with Crippen LogP contribution in [0.1, 0.15) is 63.1 Å². The van der Waals surface area contributed by atoms with Crippen molar-refractivity contribution in [1.82, 2.24) is 20.8 Å². The van der Waals surface area contributed by atoms with Gasteiger partial charge in [-0.1, -0.05) is 37.3 Å². The molecule has 0 bridgehead atoms. The van der Waals surface area contributed by atoms with E-state index in [9.17, 15) is 0 Å². The van der Waals surface area contributed by atoms with E-state index in [4.69, 9.17) is 4.52 Å². The van der Waals surface area contributed by atoms with Crippen molar-refractivity contribution >= 4 is 29.9 Å². The molecule has 6 nitrogen and oxygen atoms in total. The Kier molecular flexibility index (Phi) is 11.0. The van der Waals surface area contributed by atoms with Gasteiger partial charge in [-0.05, 0) is 32.1 Å². The second-order valence-corrected chi connectivity index (χ2v) is 6.41. The molecule has 2 rings (SSSR count). The first-order valence-electron chi connectivity index (χ1n) is 9.01. The van der Waals surface area contributed by atoms with Gasteiger partial charge in [0.2, 0.25) is 5.89 Å². The summed E-state index contributed by atoms with van der Waals surface area (Å²) in [6, 6.07) is 0. The van der Waals surface area contributed by atoms with Crippen LogP contribution in [0.2, 0.25) is 0 Å². The zero-order valence-corrected chi connectivity index (χ0v) is 17.3. The minimum absolute atomic E-state index is 0. The van der Waals surface area contributed by atoms with E-state index in [1.54, 1.807) is 0 Å². The molecular formula is C17H32IN5O. The highest BCUT2D eigenvalue weighted by atomic mass is 127. The number of nitrogens with one attached hydrogen (secondary N) is 2. The minimum Gasteiger partial charge on any atom is -0.356 e. The molecule has 0 aliphatic heterocycles. The molecule has 7 heteroatoms. The van der Waals surface area contributed by atoms with E-state index in [2.05, 4.69) is 25.8 Å². The van der Waals surface area contributed by atoms with Gasteiger partial charge in [-0.15, -0.1) is 24.0 Å². The molecule has 1 saturated carbocycles. The van der Waals surface area contributed by atoms with Crippen LogP contribution in [0.3, 0.4) is 0 Å². The molecule has 0 amide bonds. The van der Waals surface area contributed by atoms with E-state index in [-0.39, 0.29) is 24.0 Å². The molecule has 0 unspecified atom stereocenters. The monoisotopic (exact) mass is 449 g/mol. The van der Waals surface area contributed by atoms with Gasteiger partial charge in [-0.2, -0.15) is 4.98 Å². The first-order valence-corrected chi connectivity index (χ1v) is 9.01. The second kappa shape index (κ2) is 12.5. The van der Waals surface area contributed by atoms with Crippen molar-refractivity contribution < 1.29 is 4.52 Å². The van der Waals surface area contributed by atoms with Gasteiger partial charge < -0.3 is 15.2 Å². The van der Waals surface area contributed by atoms with Gasteiger partial charge in [0.25, 0.3) is 0 Å². The third kappa shape index (κ3) is 8.30. The molecular weight excluding hydrogens is 417 g/mol. The standard InChI is InChI=1S/C17H31N5O.HI/c1-14-21-16(23-22-14)11-7-13-20-17(18-2)19-12-6-10-15-8-4-3-5-9-15;/h15H,3-13H2,1-2H3,(H2,18,19,20);1H. The Hall–Kier alpha value is -0.860. The number of rotatable bonds is 8. The molecule has 0 aromatic carbocycles. The fourth-order valence-electron chi connectivity index (χ4n) is 3.18. The summed E-state index contributed by atoms with van der Waals surface area (Å²) >= 11 is 0. The van der Waals surface area contributed by atoms with Crippen LogP contribution in [0.25, 0.3) is 0 Å². The van der Waals surface area contributed by atoms with Crippen LogP contribution >= 0.6 is 24.0 Å². The number of halogens is 1. The van der Waals surface area contributed by atoms with Gasteiger partial charge in [-0.25, -0.2) is 0 Å². The molecule has 0 atom stereocenters. The van der Waals surface area contributed by atoms with E-state index < -0.39 is 0 Å². The normalized spacial score (nSPS) is 15.8. The van der Waals surface area contributed by atoms with Gasteiger partial charge in [0.15, 0.2) is 11.8 Å². The van der Waals surface area contributed by atoms with Crippen molar-refractivity contribution in [2.75, 3.05) is 20.1 Å². The van der Waals surface area contributed by atoms with Gasteiger partial charge in [-0.3, -0.25) is 4.99 Å². The SMILES string of the molecule is CN=C(NCCCc1nc(C)no1)NCCCC1CCCCC1.I. The molecule has 1 fully saturated rings. The maximum absolute atomic E-state index is 5.10. The number of aliphatic imine (C=N–C) groups is 1. The molecule has 0 saturated heterocycles. The quantitative estimate of drug-likeness (QED) is 0.275. The molecule has 1 aromatic rings. The summed E-state index contributed by atoms with van der Waals surface area (Å²) < 4.78 is 5.10. The van der Waals surface area contributed by atoms with Crippen molar-refractivity contribution in [3.05, 3.63) is 11.7 Å². The van der Waals surface area contributed by atoms with E-state index in [1.807, 2.05) is 14.0 Å². The zero-order valence-electron chi connectivity index (χ0n) is 15.0. The maximum Gasteiger partial charge on any atom is 0.226 e. The average Bonchev–Trinajstić information content (AvgIpc) is 2.99. The zero-order chi connectivity index (χ0) is 16.3. The van der Waals surface area contributed by atoms with E-state index >= 15 is 0 Å². The number of nitrogens with zero attached hydrogens (tertiary/aromatic N) is 3. The molecule has 0 radical (unpaired) electrons. The largest absolute Gasteiger partial charge is 0.356 e. The molecule has 0 spiro atoms. The highest BCUT2D eigenvalue weighted by molar-refractivity contribution is 14.0. The third-order valence-corrected chi connectivity index (χ3v) is 4.46. The van der Waals surface area contributed by atoms with Crippen LogP contribution in [0.15, 0.2) is 9.52 Å². The maximum atomic E-state index is 5.10. The van der Waals surface area contributed by atoms with Crippen LogP contribution in [-0.4, -0.2) is 36.2 Å². The summed E-state index contributed by atoms with van der Waals surface area (Å²) in [5.41, 5.74) is 0. The van der Waals surface area contributed by atoms with Crippen molar-refractivity contribution in [3.8, 4) is 0 Å². The molecule has 138 valence electrons. The lowest BCUT2D eigenvalue weighted by atomic mass is 9.86. The highest BCUT2D eigenvalue weighted by Gasteiger charge is 2.12. The number of hydrogen-bond donors (Lipinski definition) is 2. The molecule has 2 N–H and O–H groups in total. The Labute approximate surface area is 162 Å². The minimum atomic E-state index is 0. The number of hydrogen-bond acceptors (Lipinski definition) is 4. The second-order valence-electron chi connectivity index (χ2n) is 6.41. The lowest BCUT2D eigenvalue weighted by molar-refractivity contribution is 0.332. The van der Waals surface area contributed by atoms with Crippen molar-refractivity contribution in [2.24, 2.45) is 10.9 Å². The lowest BCUT2D eigenvalue weighted by Crippen LogP contribution is -2.38. The first-order chi connectivity index (χ1) is 11.3. The highest BCUT2D eigenvalue weighted by Crippen LogP contribution is 2.26. The number of aryl methyl sites for hydroxylation is 2. The van der Waals surface area contributed by atoms with Gasteiger partial charge in [0.1, 0.15) is 0 Å². The molecule has 24 heavy (non-hydrogen) atoms. The Morgan fingerprint density at radius 3 is 2.50 bits per heavy atom. The van der Waals surface area contributed by atoms with Crippen molar-refractivity contribution in [1.29, 1.82) is 0 Å². The Balaban J connectivity index is 0.00000288. The Morgan fingerprint density at radius 2 is 1.88 bits per heavy atom. The van der Waals surface area contributed by atoms with Crippen LogP contribution in [0.4, 0.5) is 0 Å². The fourth-order valence-corrected chi connectivity index (χ4v) is 3.18. The topological polar surface area (TPSA) is 75.3 Å².